The molecule has 5 fully saturated rings. The van der Waals surface area contributed by atoms with Crippen molar-refractivity contribution in [2.45, 2.75) is 70.4 Å². The summed E-state index contributed by atoms with van der Waals surface area (Å²) in [6, 6.07) is 0. The van der Waals surface area contributed by atoms with E-state index >= 15 is 0 Å². The van der Waals surface area contributed by atoms with Crippen LogP contribution in [0.3, 0.4) is 0 Å². The van der Waals surface area contributed by atoms with Gasteiger partial charge in [-0.3, -0.25) is 4.79 Å². The van der Waals surface area contributed by atoms with Gasteiger partial charge in [-0.15, -0.1) is 0 Å². The molecule has 0 aromatic heterocycles. The lowest BCUT2D eigenvalue weighted by atomic mass is 9.46. The molecule has 5 heteroatoms. The van der Waals surface area contributed by atoms with Crippen molar-refractivity contribution in [3.8, 4) is 0 Å². The molecule has 0 aromatic rings. The molecule has 2 spiro atoms. The molecule has 28 heavy (non-hydrogen) atoms. The fourth-order valence-corrected chi connectivity index (χ4v) is 8.08. The molecule has 3 saturated carbocycles. The van der Waals surface area contributed by atoms with Gasteiger partial charge in [0.15, 0.2) is 11.6 Å². The summed E-state index contributed by atoms with van der Waals surface area (Å²) in [6.45, 7) is 7.29. The van der Waals surface area contributed by atoms with Gasteiger partial charge >= 0.3 is 0 Å². The van der Waals surface area contributed by atoms with E-state index in [9.17, 15) is 4.79 Å². The van der Waals surface area contributed by atoms with Crippen LogP contribution in [0.15, 0.2) is 11.6 Å². The van der Waals surface area contributed by atoms with Crippen LogP contribution in [0, 0.1) is 28.6 Å². The molecule has 0 N–H and O–H groups in total. The summed E-state index contributed by atoms with van der Waals surface area (Å²) < 4.78 is 24.3. The summed E-state index contributed by atoms with van der Waals surface area (Å²) in [7, 11) is 0. The lowest BCUT2D eigenvalue weighted by Crippen LogP contribution is -2.59. The summed E-state index contributed by atoms with van der Waals surface area (Å²) in [5.41, 5.74) is 1.18. The fraction of sp³-hybridized carbons (Fsp3) is 0.870. The topological polar surface area (TPSA) is 54.0 Å². The number of allylic oxidation sites excluding steroid dienone is 1. The van der Waals surface area contributed by atoms with E-state index in [-0.39, 0.29) is 16.7 Å². The first-order valence-corrected chi connectivity index (χ1v) is 11.2. The number of ketones is 1. The Morgan fingerprint density at radius 2 is 1.64 bits per heavy atom. The number of ether oxygens (including phenoxy) is 4. The van der Waals surface area contributed by atoms with E-state index in [0.29, 0.717) is 50.5 Å². The summed E-state index contributed by atoms with van der Waals surface area (Å²) in [5, 5.41) is 0. The van der Waals surface area contributed by atoms with E-state index in [0.717, 1.165) is 38.5 Å². The Morgan fingerprint density at radius 3 is 2.39 bits per heavy atom. The quantitative estimate of drug-likeness (QED) is 0.594. The minimum atomic E-state index is -0.517. The van der Waals surface area contributed by atoms with Gasteiger partial charge in [0, 0.05) is 30.6 Å². The number of rotatable bonds is 0. The van der Waals surface area contributed by atoms with Gasteiger partial charge in [0.2, 0.25) is 0 Å². The van der Waals surface area contributed by atoms with Crippen molar-refractivity contribution < 1.29 is 23.7 Å². The molecule has 2 aliphatic heterocycles. The Morgan fingerprint density at radius 1 is 0.929 bits per heavy atom. The van der Waals surface area contributed by atoms with Crippen LogP contribution < -0.4 is 0 Å². The predicted octanol–water partition coefficient (Wildman–Crippen LogP) is 3.61. The lowest BCUT2D eigenvalue weighted by molar-refractivity contribution is -0.239. The van der Waals surface area contributed by atoms with Crippen LogP contribution in [0.4, 0.5) is 0 Å². The molecule has 6 rings (SSSR count). The van der Waals surface area contributed by atoms with Gasteiger partial charge in [-0.1, -0.05) is 19.4 Å². The largest absolute Gasteiger partial charge is 0.347 e. The highest BCUT2D eigenvalue weighted by Gasteiger charge is 2.69. The molecule has 154 valence electrons. The first-order chi connectivity index (χ1) is 13.4. The van der Waals surface area contributed by atoms with Crippen molar-refractivity contribution in [2.24, 2.45) is 28.6 Å². The van der Waals surface area contributed by atoms with Crippen LogP contribution in [0.25, 0.3) is 0 Å². The monoisotopic (exact) mass is 388 g/mol. The lowest BCUT2D eigenvalue weighted by Gasteiger charge is -2.58. The zero-order valence-corrected chi connectivity index (χ0v) is 17.1. The Labute approximate surface area is 167 Å². The summed E-state index contributed by atoms with van der Waals surface area (Å²) in [6.07, 6.45) is 8.89. The number of carbonyl (C=O) groups is 1. The predicted molar refractivity (Wildman–Crippen MR) is 101 cm³/mol. The highest BCUT2D eigenvalue weighted by Crippen LogP contribution is 2.68. The van der Waals surface area contributed by atoms with Crippen LogP contribution in [0.1, 0.15) is 58.8 Å². The highest BCUT2D eigenvalue weighted by atomic mass is 16.7. The SMILES string of the molecule is C[C@]12CCC3(C=C1CC[C@H]1[C@H]2C(=O)C[C@]2(C)[C@@H]1CCC21OCCO1)OCCO3. The average Bonchev–Trinajstić information content (AvgIpc) is 3.38. The zero-order chi connectivity index (χ0) is 19.2. The minimum absolute atomic E-state index is 0.0466. The van der Waals surface area contributed by atoms with E-state index in [1.54, 1.807) is 0 Å². The Balaban J connectivity index is 1.37. The second kappa shape index (κ2) is 5.69. The molecule has 6 aliphatic rings. The van der Waals surface area contributed by atoms with Crippen molar-refractivity contribution in [3.63, 3.8) is 0 Å². The summed E-state index contributed by atoms with van der Waals surface area (Å²) in [4.78, 5) is 13.7. The third kappa shape index (κ3) is 2.09. The maximum atomic E-state index is 13.7. The third-order valence-electron chi connectivity index (χ3n) is 9.39. The third-order valence-corrected chi connectivity index (χ3v) is 9.39. The minimum Gasteiger partial charge on any atom is -0.347 e. The number of fused-ring (bicyclic) bond motifs is 6. The van der Waals surface area contributed by atoms with Gasteiger partial charge in [0.05, 0.1) is 26.4 Å². The fourth-order valence-electron chi connectivity index (χ4n) is 8.08. The van der Waals surface area contributed by atoms with Crippen molar-refractivity contribution in [1.82, 2.24) is 0 Å². The van der Waals surface area contributed by atoms with Crippen molar-refractivity contribution in [1.29, 1.82) is 0 Å². The molecule has 5 atom stereocenters. The number of Topliss-reactive ketones (excluding diaryl/α,β-unsaturated/α-hetero) is 1. The van der Waals surface area contributed by atoms with Gasteiger partial charge < -0.3 is 18.9 Å². The first-order valence-electron chi connectivity index (χ1n) is 11.2. The van der Waals surface area contributed by atoms with E-state index < -0.39 is 11.6 Å². The van der Waals surface area contributed by atoms with Gasteiger partial charge in [-0.25, -0.2) is 0 Å². The van der Waals surface area contributed by atoms with Crippen molar-refractivity contribution in [3.05, 3.63) is 11.6 Å². The van der Waals surface area contributed by atoms with Crippen LogP contribution in [0.5, 0.6) is 0 Å². The highest BCUT2D eigenvalue weighted by molar-refractivity contribution is 5.85. The van der Waals surface area contributed by atoms with Crippen molar-refractivity contribution in [2.75, 3.05) is 26.4 Å². The molecule has 2 heterocycles. The van der Waals surface area contributed by atoms with Gasteiger partial charge in [-0.05, 0) is 49.0 Å². The van der Waals surface area contributed by atoms with Crippen LogP contribution >= 0.6 is 0 Å². The maximum absolute atomic E-state index is 13.7. The molecular formula is C23H32O5. The van der Waals surface area contributed by atoms with E-state index in [2.05, 4.69) is 19.9 Å². The zero-order valence-electron chi connectivity index (χ0n) is 17.1. The first kappa shape index (κ1) is 18.1. The Hall–Kier alpha value is -0.750. The van der Waals surface area contributed by atoms with Gasteiger partial charge in [0.25, 0.3) is 0 Å². The van der Waals surface area contributed by atoms with Crippen molar-refractivity contribution >= 4 is 5.78 Å². The molecule has 4 aliphatic carbocycles. The molecule has 0 amide bonds. The smallest absolute Gasteiger partial charge is 0.188 e. The normalized spacial score (nSPS) is 48.4. The summed E-state index contributed by atoms with van der Waals surface area (Å²) in [5.74, 6) is 0.484. The Kier molecular flexibility index (Phi) is 3.67. The van der Waals surface area contributed by atoms with Crippen LogP contribution in [-0.4, -0.2) is 43.8 Å². The molecule has 5 nitrogen and oxygen atoms in total. The maximum Gasteiger partial charge on any atom is 0.188 e. The standard InChI is InChI=1S/C23H32O5/c1-20-7-8-22(25-9-10-26-22)13-15(20)3-4-16-17-5-6-23(27-11-12-28-23)21(17,2)14-18(24)19(16)20/h13,16-17,19H,3-12,14H2,1-2H3/t16-,17-,19+,20+,21-/m1/s1. The Bertz CT molecular complexity index is 731. The molecule has 0 aromatic carbocycles. The van der Waals surface area contributed by atoms with Gasteiger partial charge in [-0.2, -0.15) is 0 Å². The molecule has 0 bridgehead atoms. The average molecular weight is 389 g/mol. The number of hydrogen-bond donors (Lipinski definition) is 0. The van der Waals surface area contributed by atoms with Crippen LogP contribution in [-0.2, 0) is 23.7 Å². The van der Waals surface area contributed by atoms with E-state index in [4.69, 9.17) is 18.9 Å². The van der Waals surface area contributed by atoms with E-state index in [1.165, 1.54) is 5.57 Å². The number of hydrogen-bond acceptors (Lipinski definition) is 5. The molecule has 0 radical (unpaired) electrons. The van der Waals surface area contributed by atoms with Crippen LogP contribution in [0.2, 0.25) is 0 Å². The molecular weight excluding hydrogens is 356 g/mol. The van der Waals surface area contributed by atoms with Gasteiger partial charge in [0.1, 0.15) is 5.78 Å². The second-order valence-electron chi connectivity index (χ2n) is 10.4. The molecule has 0 unspecified atom stereocenters. The molecule has 2 saturated heterocycles. The number of carbonyl (C=O) groups excluding carboxylic acids is 1. The second-order valence-corrected chi connectivity index (χ2v) is 10.4. The summed E-state index contributed by atoms with van der Waals surface area (Å²) >= 11 is 0. The van der Waals surface area contributed by atoms with E-state index in [1.807, 2.05) is 0 Å².